The van der Waals surface area contributed by atoms with Gasteiger partial charge in [-0.15, -0.1) is 0 Å². The van der Waals surface area contributed by atoms with Gasteiger partial charge in [0.05, 0.1) is 0 Å². The summed E-state index contributed by atoms with van der Waals surface area (Å²) in [5, 5.41) is 0.803. The second-order valence-corrected chi connectivity index (χ2v) is 9.75. The Balaban J connectivity index is 1.30. The Morgan fingerprint density at radius 1 is 0.944 bits per heavy atom. The number of likely N-dealkylation sites (tertiary alicyclic amines) is 1. The third kappa shape index (κ3) is 5.42. The second kappa shape index (κ2) is 10.5. The molecule has 3 aromatic carbocycles. The van der Waals surface area contributed by atoms with Crippen LogP contribution in [0.2, 0.25) is 0 Å². The molecular formula is C31H31NO4. The first-order valence-electron chi connectivity index (χ1n) is 12.5. The van der Waals surface area contributed by atoms with E-state index in [1.807, 2.05) is 73.7 Å². The molecule has 1 aliphatic rings. The molecule has 2 heterocycles. The van der Waals surface area contributed by atoms with Crippen LogP contribution in [0.3, 0.4) is 0 Å². The van der Waals surface area contributed by atoms with E-state index < -0.39 is 5.63 Å². The predicted octanol–water partition coefficient (Wildman–Crippen LogP) is 5.60. The lowest BCUT2D eigenvalue weighted by Crippen LogP contribution is -2.35. The number of hydrogen-bond donors (Lipinski definition) is 0. The predicted molar refractivity (Wildman–Crippen MR) is 143 cm³/mol. The molecule has 0 amide bonds. The zero-order chi connectivity index (χ0) is 25.1. The zero-order valence-corrected chi connectivity index (χ0v) is 20.8. The summed E-state index contributed by atoms with van der Waals surface area (Å²) in [6.45, 7) is 3.95. The van der Waals surface area contributed by atoms with Gasteiger partial charge in [-0.25, -0.2) is 4.79 Å². The van der Waals surface area contributed by atoms with Crippen molar-refractivity contribution in [3.63, 3.8) is 0 Å². The lowest BCUT2D eigenvalue weighted by Gasteiger charge is -2.29. The van der Waals surface area contributed by atoms with Crippen molar-refractivity contribution in [1.29, 1.82) is 0 Å². The van der Waals surface area contributed by atoms with Crippen molar-refractivity contribution < 1.29 is 13.9 Å². The molecule has 1 fully saturated rings. The molecular weight excluding hydrogens is 450 g/mol. The van der Waals surface area contributed by atoms with Crippen molar-refractivity contribution in [2.75, 3.05) is 20.1 Å². The molecule has 0 aliphatic carbocycles. The number of ether oxygens (including phenoxy) is 1. The fourth-order valence-corrected chi connectivity index (χ4v) is 4.88. The summed E-state index contributed by atoms with van der Waals surface area (Å²) >= 11 is 0. The van der Waals surface area contributed by atoms with E-state index in [4.69, 9.17) is 9.15 Å². The van der Waals surface area contributed by atoms with Crippen LogP contribution in [0.1, 0.15) is 29.5 Å². The molecule has 1 aliphatic heterocycles. The van der Waals surface area contributed by atoms with Gasteiger partial charge in [0.1, 0.15) is 23.2 Å². The van der Waals surface area contributed by atoms with Crippen LogP contribution in [0.25, 0.3) is 22.1 Å². The van der Waals surface area contributed by atoms with E-state index >= 15 is 0 Å². The van der Waals surface area contributed by atoms with Crippen molar-refractivity contribution >= 4 is 16.8 Å². The summed E-state index contributed by atoms with van der Waals surface area (Å²) < 4.78 is 11.9. The van der Waals surface area contributed by atoms with E-state index in [1.54, 1.807) is 6.07 Å². The van der Waals surface area contributed by atoms with E-state index in [0.29, 0.717) is 11.1 Å². The van der Waals surface area contributed by atoms with E-state index in [-0.39, 0.29) is 24.7 Å². The van der Waals surface area contributed by atoms with Gasteiger partial charge in [-0.2, -0.15) is 0 Å². The average molecular weight is 482 g/mol. The Kier molecular flexibility index (Phi) is 7.01. The molecule has 0 N–H and O–H groups in total. The summed E-state index contributed by atoms with van der Waals surface area (Å²) in [6, 6.07) is 23.7. The molecule has 0 saturated carbocycles. The smallest absolute Gasteiger partial charge is 0.339 e. The number of aryl methyl sites for hydroxylation is 1. The first kappa shape index (κ1) is 24.0. The molecule has 5 nitrogen and oxygen atoms in total. The average Bonchev–Trinajstić information content (AvgIpc) is 2.89. The summed E-state index contributed by atoms with van der Waals surface area (Å²) in [5.74, 6) is 0.730. The van der Waals surface area contributed by atoms with Gasteiger partial charge < -0.3 is 14.1 Å². The van der Waals surface area contributed by atoms with Crippen LogP contribution in [0.15, 0.2) is 82.0 Å². The minimum atomic E-state index is -0.464. The summed E-state index contributed by atoms with van der Waals surface area (Å²) in [7, 11) is 2.12. The highest BCUT2D eigenvalue weighted by Gasteiger charge is 2.20. The molecule has 0 atom stereocenters. The topological polar surface area (TPSA) is 59.8 Å². The van der Waals surface area contributed by atoms with Crippen molar-refractivity contribution in [1.82, 2.24) is 4.90 Å². The Morgan fingerprint density at radius 3 is 2.47 bits per heavy atom. The van der Waals surface area contributed by atoms with Crippen LogP contribution in [-0.2, 0) is 17.6 Å². The minimum absolute atomic E-state index is 0.0224. The molecule has 4 aromatic rings. The molecule has 1 aromatic heterocycles. The van der Waals surface area contributed by atoms with Crippen LogP contribution in [-0.4, -0.2) is 36.9 Å². The minimum Gasteiger partial charge on any atom is -0.490 e. The SMILES string of the molecule is Cc1c(OC2CCN(C)CC2)ccc2cc(CC(=O)Cc3cccc(-c4ccccc4)c3)c(=O)oc12. The number of benzene rings is 3. The Labute approximate surface area is 211 Å². The third-order valence-corrected chi connectivity index (χ3v) is 6.96. The van der Waals surface area contributed by atoms with Gasteiger partial charge in [0.25, 0.3) is 0 Å². The largest absolute Gasteiger partial charge is 0.490 e. The molecule has 0 spiro atoms. The number of carbonyl (C=O) groups is 1. The van der Waals surface area contributed by atoms with Gasteiger partial charge in [0, 0.05) is 42.4 Å². The molecule has 184 valence electrons. The molecule has 0 radical (unpaired) electrons. The highest BCUT2D eigenvalue weighted by Crippen LogP contribution is 2.29. The van der Waals surface area contributed by atoms with E-state index in [0.717, 1.165) is 59.3 Å². The highest BCUT2D eigenvalue weighted by molar-refractivity contribution is 5.86. The van der Waals surface area contributed by atoms with Crippen LogP contribution in [0.5, 0.6) is 5.75 Å². The molecule has 5 rings (SSSR count). The zero-order valence-electron chi connectivity index (χ0n) is 20.8. The maximum absolute atomic E-state index is 12.9. The normalized spacial score (nSPS) is 14.7. The number of carbonyl (C=O) groups excluding carboxylic acids is 1. The maximum Gasteiger partial charge on any atom is 0.339 e. The fourth-order valence-electron chi connectivity index (χ4n) is 4.88. The van der Waals surface area contributed by atoms with Gasteiger partial charge in [0.15, 0.2) is 0 Å². The summed E-state index contributed by atoms with van der Waals surface area (Å²) in [6.07, 6.45) is 2.43. The van der Waals surface area contributed by atoms with Crippen molar-refractivity contribution in [3.8, 4) is 16.9 Å². The number of ketones is 1. The van der Waals surface area contributed by atoms with Crippen molar-refractivity contribution in [3.05, 3.63) is 99.9 Å². The number of nitrogens with zero attached hydrogens (tertiary/aromatic N) is 1. The Hall–Kier alpha value is -3.70. The number of hydrogen-bond acceptors (Lipinski definition) is 5. The first-order valence-corrected chi connectivity index (χ1v) is 12.5. The van der Waals surface area contributed by atoms with Crippen LogP contribution in [0.4, 0.5) is 0 Å². The van der Waals surface area contributed by atoms with Gasteiger partial charge >= 0.3 is 5.63 Å². The van der Waals surface area contributed by atoms with E-state index in [2.05, 4.69) is 11.9 Å². The monoisotopic (exact) mass is 481 g/mol. The summed E-state index contributed by atoms with van der Waals surface area (Å²) in [4.78, 5) is 28.0. The van der Waals surface area contributed by atoms with Crippen LogP contribution >= 0.6 is 0 Å². The third-order valence-electron chi connectivity index (χ3n) is 6.96. The molecule has 36 heavy (non-hydrogen) atoms. The van der Waals surface area contributed by atoms with E-state index in [9.17, 15) is 9.59 Å². The molecule has 0 unspecified atom stereocenters. The molecule has 0 bridgehead atoms. The first-order chi connectivity index (χ1) is 17.5. The number of piperidine rings is 1. The summed E-state index contributed by atoms with van der Waals surface area (Å²) in [5.41, 5.74) is 4.37. The quantitative estimate of drug-likeness (QED) is 0.322. The number of rotatable bonds is 7. The standard InChI is InChI=1S/C31H31NO4/c1-21-29(35-28-13-15-32(2)16-14-28)12-11-25-19-26(31(34)36-30(21)25)20-27(33)18-22-7-6-10-24(17-22)23-8-4-3-5-9-23/h3-12,17,19,28H,13-16,18,20H2,1-2H3. The lowest BCUT2D eigenvalue weighted by molar-refractivity contribution is -0.117. The van der Waals surface area contributed by atoms with Crippen LogP contribution < -0.4 is 10.4 Å². The van der Waals surface area contributed by atoms with Gasteiger partial charge in [-0.05, 0) is 61.7 Å². The van der Waals surface area contributed by atoms with E-state index in [1.165, 1.54) is 0 Å². The fraction of sp³-hybridized carbons (Fsp3) is 0.290. The number of Topliss-reactive ketones (excluding diaryl/α,β-unsaturated/α-hetero) is 1. The van der Waals surface area contributed by atoms with Crippen molar-refractivity contribution in [2.45, 2.75) is 38.7 Å². The Bertz CT molecular complexity index is 1430. The number of fused-ring (bicyclic) bond motifs is 1. The van der Waals surface area contributed by atoms with Gasteiger partial charge in [0.2, 0.25) is 0 Å². The maximum atomic E-state index is 12.9. The van der Waals surface area contributed by atoms with Crippen molar-refractivity contribution in [2.24, 2.45) is 0 Å². The van der Waals surface area contributed by atoms with Gasteiger partial charge in [-0.3, -0.25) is 4.79 Å². The molecule has 5 heteroatoms. The Morgan fingerprint density at radius 2 is 1.69 bits per heavy atom. The highest BCUT2D eigenvalue weighted by atomic mass is 16.5. The lowest BCUT2D eigenvalue weighted by atomic mass is 9.98. The second-order valence-electron chi connectivity index (χ2n) is 9.75. The van der Waals surface area contributed by atoms with Crippen LogP contribution in [0, 0.1) is 6.92 Å². The van der Waals surface area contributed by atoms with Gasteiger partial charge in [-0.1, -0.05) is 54.6 Å². The molecule has 1 saturated heterocycles.